The zero-order valence-corrected chi connectivity index (χ0v) is 23.0. The van der Waals surface area contributed by atoms with E-state index in [-0.39, 0.29) is 31.1 Å². The fourth-order valence-corrected chi connectivity index (χ4v) is 5.57. The first kappa shape index (κ1) is 30.1. The van der Waals surface area contributed by atoms with Gasteiger partial charge in [0.15, 0.2) is 0 Å². The van der Waals surface area contributed by atoms with Crippen LogP contribution in [0.3, 0.4) is 0 Å². The van der Waals surface area contributed by atoms with E-state index in [2.05, 4.69) is 15.9 Å². The van der Waals surface area contributed by atoms with E-state index in [1.54, 1.807) is 19.9 Å². The van der Waals surface area contributed by atoms with Gasteiger partial charge in [0, 0.05) is 17.9 Å². The Morgan fingerprint density at radius 2 is 1.86 bits per heavy atom. The molecule has 1 aliphatic heterocycles. The molecular weight excluding hydrogens is 569 g/mol. The molecule has 14 heteroatoms. The third kappa shape index (κ3) is 8.22. The Labute approximate surface area is 216 Å². The molecule has 0 aliphatic carbocycles. The molecular formula is C22H30BrF2N2O8P. The largest absolute Gasteiger partial charge is 0.490 e. The fraction of sp³-hybridized carbons (Fsp3) is 0.591. The zero-order valence-electron chi connectivity index (χ0n) is 20.5. The molecule has 2 rings (SSSR count). The minimum atomic E-state index is -3.69. The van der Waals surface area contributed by atoms with E-state index < -0.39 is 63.0 Å². The van der Waals surface area contributed by atoms with Crippen LogP contribution in [0.25, 0.3) is 0 Å². The van der Waals surface area contributed by atoms with Crippen molar-refractivity contribution >= 4 is 41.3 Å². The van der Waals surface area contributed by atoms with Crippen molar-refractivity contribution in [2.45, 2.75) is 32.2 Å². The smallest absolute Gasteiger partial charge is 0.341 e. The number of methoxy groups -OCH3 is 1. The number of ether oxygens (including phenoxy) is 2. The minimum absolute atomic E-state index is 0.0629. The minimum Gasteiger partial charge on any atom is -0.490 e. The first-order valence-electron chi connectivity index (χ1n) is 11.1. The number of carbonyl (C=O) groups is 3. The Morgan fingerprint density at radius 3 is 2.44 bits per heavy atom. The summed E-state index contributed by atoms with van der Waals surface area (Å²) < 4.78 is 62.3. The molecule has 0 bridgehead atoms. The molecule has 0 saturated carbocycles. The summed E-state index contributed by atoms with van der Waals surface area (Å²) in [5.41, 5.74) is 0.0988. The molecule has 0 unspecified atom stereocenters. The first-order chi connectivity index (χ1) is 16.8. The Balaban J connectivity index is 2.10. The van der Waals surface area contributed by atoms with Crippen LogP contribution in [0.2, 0.25) is 0 Å². The normalized spacial score (nSPS) is 17.1. The van der Waals surface area contributed by atoms with Crippen LogP contribution in [0.15, 0.2) is 22.7 Å². The summed E-state index contributed by atoms with van der Waals surface area (Å²) in [6.45, 7) is 1.64. The maximum absolute atomic E-state index is 14.3. The standard InChI is InChI=1S/C22H30BrF2N2O8P/c1-5-34-36(31,35-6-2)13-20(29)26(3)11-19(28)27-14-22(24,25)10-16(27)12-33-18-9-15(23)7-8-17(18)21(30)32-4/h7-9,16H,5-6,10-14H2,1-4H3/t16-/m0/s1. The molecule has 1 fully saturated rings. The summed E-state index contributed by atoms with van der Waals surface area (Å²) in [7, 11) is -1.20. The second-order valence-corrected chi connectivity index (χ2v) is 11.0. The Morgan fingerprint density at radius 1 is 1.22 bits per heavy atom. The topological polar surface area (TPSA) is 112 Å². The molecule has 0 N–H and O–H groups in total. The molecule has 1 atom stereocenters. The molecule has 1 heterocycles. The van der Waals surface area contributed by atoms with Gasteiger partial charge in [-0.2, -0.15) is 0 Å². The molecule has 1 aromatic rings. The van der Waals surface area contributed by atoms with Gasteiger partial charge in [0.05, 0.1) is 39.5 Å². The van der Waals surface area contributed by atoms with E-state index in [1.807, 2.05) is 0 Å². The van der Waals surface area contributed by atoms with E-state index in [0.717, 1.165) is 9.80 Å². The molecule has 0 aromatic heterocycles. The number of benzene rings is 1. The summed E-state index contributed by atoms with van der Waals surface area (Å²) in [5.74, 6) is -5.15. The number of hydrogen-bond acceptors (Lipinski definition) is 8. The third-order valence-electron chi connectivity index (χ3n) is 5.26. The molecule has 0 radical (unpaired) electrons. The van der Waals surface area contributed by atoms with E-state index in [0.29, 0.717) is 4.47 Å². The fourth-order valence-electron chi connectivity index (χ4n) is 3.61. The van der Waals surface area contributed by atoms with Gasteiger partial charge in [-0.3, -0.25) is 14.2 Å². The van der Waals surface area contributed by atoms with E-state index in [4.69, 9.17) is 18.5 Å². The van der Waals surface area contributed by atoms with E-state index >= 15 is 0 Å². The lowest BCUT2D eigenvalue weighted by Gasteiger charge is -2.27. The number of likely N-dealkylation sites (N-methyl/N-ethyl adjacent to an activating group) is 1. The quantitative estimate of drug-likeness (QED) is 0.265. The van der Waals surface area contributed by atoms with Crippen LogP contribution in [-0.4, -0.2) is 92.8 Å². The Hall–Kier alpha value is -2.08. The van der Waals surface area contributed by atoms with Crippen LogP contribution < -0.4 is 4.74 Å². The maximum Gasteiger partial charge on any atom is 0.341 e. The first-order valence-corrected chi connectivity index (χ1v) is 13.7. The van der Waals surface area contributed by atoms with Crippen molar-refractivity contribution in [1.29, 1.82) is 0 Å². The summed E-state index contributed by atoms with van der Waals surface area (Å²) in [6.07, 6.45) is -1.23. The number of alkyl halides is 2. The van der Waals surface area contributed by atoms with Gasteiger partial charge in [0.2, 0.25) is 11.8 Å². The lowest BCUT2D eigenvalue weighted by atomic mass is 10.2. The molecule has 10 nitrogen and oxygen atoms in total. The molecule has 2 amide bonds. The van der Waals surface area contributed by atoms with Crippen molar-refractivity contribution in [2.24, 2.45) is 0 Å². The van der Waals surface area contributed by atoms with Crippen molar-refractivity contribution in [2.75, 3.05) is 53.2 Å². The summed E-state index contributed by atoms with van der Waals surface area (Å²) in [6, 6.07) is 3.54. The van der Waals surface area contributed by atoms with Crippen LogP contribution in [0, 0.1) is 0 Å². The highest BCUT2D eigenvalue weighted by molar-refractivity contribution is 9.10. The number of esters is 1. The van der Waals surface area contributed by atoms with Gasteiger partial charge in [-0.25, -0.2) is 13.6 Å². The van der Waals surface area contributed by atoms with E-state index in [9.17, 15) is 27.7 Å². The van der Waals surface area contributed by atoms with Crippen molar-refractivity contribution in [3.8, 4) is 5.75 Å². The predicted molar refractivity (Wildman–Crippen MR) is 129 cm³/mol. The number of rotatable bonds is 12. The molecule has 1 aromatic carbocycles. The zero-order chi connectivity index (χ0) is 27.1. The van der Waals surface area contributed by atoms with Crippen molar-refractivity contribution in [1.82, 2.24) is 9.80 Å². The lowest BCUT2D eigenvalue weighted by Crippen LogP contribution is -2.46. The van der Waals surface area contributed by atoms with Gasteiger partial charge in [-0.05, 0) is 32.0 Å². The predicted octanol–water partition coefficient (Wildman–Crippen LogP) is 3.58. The highest BCUT2D eigenvalue weighted by Gasteiger charge is 2.47. The van der Waals surface area contributed by atoms with Crippen molar-refractivity contribution < 1.29 is 46.3 Å². The van der Waals surface area contributed by atoms with E-state index in [1.165, 1.54) is 26.3 Å². The highest BCUT2D eigenvalue weighted by Crippen LogP contribution is 2.47. The lowest BCUT2D eigenvalue weighted by molar-refractivity contribution is -0.140. The van der Waals surface area contributed by atoms with Gasteiger partial charge in [0.1, 0.15) is 24.1 Å². The maximum atomic E-state index is 14.3. The van der Waals surface area contributed by atoms with Crippen LogP contribution in [-0.2, 0) is 27.9 Å². The number of nitrogens with zero attached hydrogens (tertiary/aromatic N) is 2. The molecule has 36 heavy (non-hydrogen) atoms. The molecule has 0 spiro atoms. The SMILES string of the molecule is CCOP(=O)(CC(=O)N(C)CC(=O)N1CC(F)(F)C[C@H]1COc1cc(Br)ccc1C(=O)OC)OCC. The van der Waals surface area contributed by atoms with Crippen LogP contribution >= 0.6 is 23.5 Å². The molecule has 1 aliphatic rings. The number of halogens is 3. The average molecular weight is 599 g/mol. The van der Waals surface area contributed by atoms with Crippen LogP contribution in [0.5, 0.6) is 5.75 Å². The number of likely N-dealkylation sites (tertiary alicyclic amines) is 1. The monoisotopic (exact) mass is 598 g/mol. The summed E-state index contributed by atoms with van der Waals surface area (Å²) >= 11 is 3.26. The van der Waals surface area contributed by atoms with Gasteiger partial charge >= 0.3 is 13.6 Å². The van der Waals surface area contributed by atoms with Crippen molar-refractivity contribution in [3.63, 3.8) is 0 Å². The number of carbonyl (C=O) groups excluding carboxylic acids is 3. The highest BCUT2D eigenvalue weighted by atomic mass is 79.9. The van der Waals surface area contributed by atoms with Crippen molar-refractivity contribution in [3.05, 3.63) is 28.2 Å². The average Bonchev–Trinajstić information content (AvgIpc) is 3.11. The van der Waals surface area contributed by atoms with Gasteiger partial charge < -0.3 is 28.3 Å². The molecule has 1 saturated heterocycles. The van der Waals surface area contributed by atoms with Gasteiger partial charge in [0.25, 0.3) is 5.92 Å². The van der Waals surface area contributed by atoms with Gasteiger partial charge in [-0.1, -0.05) is 15.9 Å². The summed E-state index contributed by atoms with van der Waals surface area (Å²) in [4.78, 5) is 39.4. The van der Waals surface area contributed by atoms with Crippen LogP contribution in [0.4, 0.5) is 8.78 Å². The number of amides is 2. The second kappa shape index (κ2) is 12.9. The number of hydrogen-bond donors (Lipinski definition) is 0. The van der Waals surface area contributed by atoms with Gasteiger partial charge in [-0.15, -0.1) is 0 Å². The Bertz CT molecular complexity index is 1000. The Kier molecular flexibility index (Phi) is 10.8. The second-order valence-electron chi connectivity index (χ2n) is 8.03. The third-order valence-corrected chi connectivity index (χ3v) is 7.71. The van der Waals surface area contributed by atoms with Crippen LogP contribution in [0.1, 0.15) is 30.6 Å². The summed E-state index contributed by atoms with van der Waals surface area (Å²) in [5, 5.41) is 0. The molecule has 202 valence electrons.